The fourth-order valence-corrected chi connectivity index (χ4v) is 3.90. The zero-order valence-corrected chi connectivity index (χ0v) is 22.7. The Morgan fingerprint density at radius 1 is 0.950 bits per heavy atom. The molecule has 0 aliphatic rings. The molecule has 0 aliphatic heterocycles. The normalized spacial score (nSPS) is 11.0. The lowest BCUT2D eigenvalue weighted by Crippen LogP contribution is -2.15. The van der Waals surface area contributed by atoms with E-state index < -0.39 is 17.5 Å². The van der Waals surface area contributed by atoms with Crippen LogP contribution in [0.25, 0.3) is 10.9 Å². The van der Waals surface area contributed by atoms with Gasteiger partial charge in [-0.15, -0.1) is 0 Å². The van der Waals surface area contributed by atoms with Gasteiger partial charge in [0, 0.05) is 48.7 Å². The van der Waals surface area contributed by atoms with Crippen molar-refractivity contribution in [2.45, 2.75) is 13.3 Å². The van der Waals surface area contributed by atoms with Crippen molar-refractivity contribution in [1.29, 1.82) is 0 Å². The number of methoxy groups -OCH3 is 1. The van der Waals surface area contributed by atoms with Crippen LogP contribution in [-0.4, -0.2) is 61.7 Å². The number of hydrogen-bond donors (Lipinski definition) is 1. The molecule has 4 rings (SSSR count). The molecular formula is C29H30F2N4O5. The molecule has 1 amide bonds. The number of halogens is 2. The van der Waals surface area contributed by atoms with Gasteiger partial charge in [-0.1, -0.05) is 0 Å². The second-order valence-corrected chi connectivity index (χ2v) is 8.96. The van der Waals surface area contributed by atoms with Crippen LogP contribution in [0.4, 0.5) is 14.5 Å². The molecule has 0 fully saturated rings. The maximum absolute atomic E-state index is 15.1. The van der Waals surface area contributed by atoms with Gasteiger partial charge in [0.25, 0.3) is 5.91 Å². The summed E-state index contributed by atoms with van der Waals surface area (Å²) in [7, 11) is 5.48. The van der Waals surface area contributed by atoms with Gasteiger partial charge in [0.15, 0.2) is 28.9 Å². The predicted molar refractivity (Wildman–Crippen MR) is 147 cm³/mol. The van der Waals surface area contributed by atoms with Crippen molar-refractivity contribution in [3.63, 3.8) is 0 Å². The highest BCUT2D eigenvalue weighted by atomic mass is 19.1. The molecule has 210 valence electrons. The quantitative estimate of drug-likeness (QED) is 0.224. The summed E-state index contributed by atoms with van der Waals surface area (Å²) in [6, 6.07) is 8.14. The Hall–Kier alpha value is -4.51. The number of anilines is 1. The molecule has 2 aromatic carbocycles. The van der Waals surface area contributed by atoms with Gasteiger partial charge >= 0.3 is 0 Å². The van der Waals surface area contributed by atoms with E-state index in [-0.39, 0.29) is 28.5 Å². The maximum Gasteiger partial charge on any atom is 0.261 e. The molecule has 2 heterocycles. The molecule has 0 atom stereocenters. The number of fused-ring (bicyclic) bond motifs is 1. The number of nitrogens with zero attached hydrogens (tertiary/aromatic N) is 3. The summed E-state index contributed by atoms with van der Waals surface area (Å²) in [5.41, 5.74) is 0.244. The summed E-state index contributed by atoms with van der Waals surface area (Å²) < 4.78 is 52.6. The van der Waals surface area contributed by atoms with Gasteiger partial charge in [-0.25, -0.2) is 8.78 Å². The number of carbonyl (C=O) groups is 1. The van der Waals surface area contributed by atoms with Crippen molar-refractivity contribution in [2.24, 2.45) is 0 Å². The molecular weight excluding hydrogens is 522 g/mol. The van der Waals surface area contributed by atoms with Crippen LogP contribution in [0, 0.1) is 11.6 Å². The van der Waals surface area contributed by atoms with E-state index >= 15 is 4.39 Å². The molecule has 0 saturated carbocycles. The fourth-order valence-electron chi connectivity index (χ4n) is 3.90. The zero-order valence-electron chi connectivity index (χ0n) is 22.7. The highest BCUT2D eigenvalue weighted by Crippen LogP contribution is 2.38. The smallest absolute Gasteiger partial charge is 0.261 e. The van der Waals surface area contributed by atoms with Gasteiger partial charge in [0.2, 0.25) is 0 Å². The molecule has 40 heavy (non-hydrogen) atoms. The predicted octanol–water partition coefficient (Wildman–Crippen LogP) is 5.69. The van der Waals surface area contributed by atoms with Crippen molar-refractivity contribution < 1.29 is 32.5 Å². The van der Waals surface area contributed by atoms with Crippen molar-refractivity contribution in [3.05, 3.63) is 72.2 Å². The lowest BCUT2D eigenvalue weighted by Gasteiger charge is -2.15. The topological polar surface area (TPSA) is 95.0 Å². The number of hydrogen-bond acceptors (Lipinski definition) is 8. The van der Waals surface area contributed by atoms with E-state index in [1.807, 2.05) is 14.1 Å². The third-order valence-corrected chi connectivity index (χ3v) is 5.81. The first-order chi connectivity index (χ1) is 19.3. The third-order valence-electron chi connectivity index (χ3n) is 5.81. The Morgan fingerprint density at radius 3 is 2.50 bits per heavy atom. The Morgan fingerprint density at radius 2 is 1.75 bits per heavy atom. The van der Waals surface area contributed by atoms with Crippen LogP contribution in [0.5, 0.6) is 28.7 Å². The van der Waals surface area contributed by atoms with Crippen LogP contribution in [-0.2, 0) is 0 Å². The summed E-state index contributed by atoms with van der Waals surface area (Å²) in [5.74, 6) is -1.38. The minimum Gasteiger partial charge on any atom is -0.493 e. The van der Waals surface area contributed by atoms with E-state index in [1.54, 1.807) is 19.1 Å². The van der Waals surface area contributed by atoms with Crippen LogP contribution < -0.4 is 24.3 Å². The third kappa shape index (κ3) is 6.73. The highest BCUT2D eigenvalue weighted by molar-refractivity contribution is 6.06. The molecule has 11 heteroatoms. The van der Waals surface area contributed by atoms with Crippen LogP contribution in [0.3, 0.4) is 0 Å². The van der Waals surface area contributed by atoms with Gasteiger partial charge in [-0.2, -0.15) is 0 Å². The fraction of sp³-hybridized carbons (Fsp3) is 0.276. The van der Waals surface area contributed by atoms with Crippen LogP contribution in [0.1, 0.15) is 23.7 Å². The van der Waals surface area contributed by atoms with Gasteiger partial charge < -0.3 is 29.2 Å². The highest BCUT2D eigenvalue weighted by Gasteiger charge is 2.19. The van der Waals surface area contributed by atoms with E-state index in [4.69, 9.17) is 18.9 Å². The number of ether oxygens (including phenoxy) is 4. The van der Waals surface area contributed by atoms with Crippen LogP contribution in [0.2, 0.25) is 0 Å². The summed E-state index contributed by atoms with van der Waals surface area (Å²) in [6.45, 7) is 3.43. The lowest BCUT2D eigenvalue weighted by molar-refractivity contribution is 0.102. The minimum atomic E-state index is -0.893. The standard InChI is InChI=1S/C29H30F2N4O5/c1-5-38-24-7-9-32-17-19(24)29(36)34-23-14-21(31)26(15-20(23)30)40-25-8-10-33-22-16-28(27(37-4)13-18(22)25)39-12-6-11-35(2)3/h7-10,13-17H,5-6,11-12H2,1-4H3,(H,34,36). The molecule has 4 aromatic rings. The van der Waals surface area contributed by atoms with Gasteiger partial charge in [0.05, 0.1) is 37.1 Å². The molecule has 0 radical (unpaired) electrons. The van der Waals surface area contributed by atoms with Crippen molar-refractivity contribution >= 4 is 22.5 Å². The largest absolute Gasteiger partial charge is 0.493 e. The summed E-state index contributed by atoms with van der Waals surface area (Å²) in [5, 5.41) is 2.87. The van der Waals surface area contributed by atoms with Crippen molar-refractivity contribution in [2.75, 3.05) is 46.3 Å². The first-order valence-corrected chi connectivity index (χ1v) is 12.6. The second kappa shape index (κ2) is 13.0. The van der Waals surface area contributed by atoms with E-state index in [0.29, 0.717) is 35.6 Å². The molecule has 0 bridgehead atoms. The Balaban J connectivity index is 1.56. The van der Waals surface area contributed by atoms with Gasteiger partial charge in [0.1, 0.15) is 11.5 Å². The average molecular weight is 553 g/mol. The van der Waals surface area contributed by atoms with E-state index in [0.717, 1.165) is 25.1 Å². The number of aromatic nitrogens is 2. The van der Waals surface area contributed by atoms with Crippen molar-refractivity contribution in [3.8, 4) is 28.7 Å². The van der Waals surface area contributed by atoms with E-state index in [1.165, 1.54) is 37.8 Å². The SMILES string of the molecule is CCOc1ccncc1C(=O)Nc1cc(F)c(Oc2ccnc3cc(OCCCN(C)C)c(OC)cc23)cc1F. The summed E-state index contributed by atoms with van der Waals surface area (Å²) in [6.07, 6.45) is 5.07. The molecule has 0 saturated heterocycles. The van der Waals surface area contributed by atoms with Crippen molar-refractivity contribution in [1.82, 2.24) is 14.9 Å². The maximum atomic E-state index is 15.1. The number of nitrogens with one attached hydrogen (secondary N) is 1. The molecule has 0 unspecified atom stereocenters. The number of pyridine rings is 2. The molecule has 0 spiro atoms. The second-order valence-electron chi connectivity index (χ2n) is 8.96. The first-order valence-electron chi connectivity index (χ1n) is 12.6. The number of rotatable bonds is 12. The van der Waals surface area contributed by atoms with Gasteiger partial charge in [-0.05, 0) is 45.6 Å². The number of carbonyl (C=O) groups excluding carboxylic acids is 1. The van der Waals surface area contributed by atoms with Crippen LogP contribution >= 0.6 is 0 Å². The Labute approximate surface area is 230 Å². The zero-order chi connectivity index (χ0) is 28.6. The molecule has 2 aromatic heterocycles. The minimum absolute atomic E-state index is 0.0859. The molecule has 1 N–H and O–H groups in total. The van der Waals surface area contributed by atoms with Crippen LogP contribution in [0.15, 0.2) is 55.0 Å². The monoisotopic (exact) mass is 552 g/mol. The van der Waals surface area contributed by atoms with Gasteiger partial charge in [-0.3, -0.25) is 14.8 Å². The number of benzene rings is 2. The van der Waals surface area contributed by atoms with E-state index in [2.05, 4.69) is 20.2 Å². The molecule has 9 nitrogen and oxygen atoms in total. The molecule has 0 aliphatic carbocycles. The first kappa shape index (κ1) is 28.5. The Bertz CT molecular complexity index is 1500. The number of amides is 1. The van der Waals surface area contributed by atoms with E-state index in [9.17, 15) is 9.18 Å². The average Bonchev–Trinajstić information content (AvgIpc) is 2.93. The Kier molecular flexibility index (Phi) is 9.28. The summed E-state index contributed by atoms with van der Waals surface area (Å²) >= 11 is 0. The lowest BCUT2D eigenvalue weighted by atomic mass is 10.1. The summed E-state index contributed by atoms with van der Waals surface area (Å²) in [4.78, 5) is 23.0.